The zero-order chi connectivity index (χ0) is 16.3. The molecule has 2 aromatic carbocycles. The van der Waals surface area contributed by atoms with Crippen LogP contribution in [0.15, 0.2) is 42.5 Å². The number of nitrogens with two attached hydrogens (primary N) is 2. The van der Waals surface area contributed by atoms with Crippen LogP contribution in [0.3, 0.4) is 0 Å². The topological polar surface area (TPSA) is 86.2 Å². The average Bonchev–Trinajstić information content (AvgIpc) is 2.47. The molecule has 2 rings (SSSR count). The van der Waals surface area contributed by atoms with Gasteiger partial charge in [0.25, 0.3) is 0 Å². The standard InChI is InChI=1S/C16H15ClN2O2S/c1-22-15(16(19)21)12-8-9(17)6-7-10(12)14(20)11-4-2-3-5-13(11)18/h2-8,15H,18H2,1H3,(H2,19,21). The van der Waals surface area contributed by atoms with Crippen molar-refractivity contribution in [2.75, 3.05) is 12.0 Å². The summed E-state index contributed by atoms with van der Waals surface area (Å²) in [6.07, 6.45) is 1.75. The van der Waals surface area contributed by atoms with Crippen LogP contribution in [0.5, 0.6) is 0 Å². The number of ketones is 1. The van der Waals surface area contributed by atoms with E-state index in [0.29, 0.717) is 27.4 Å². The second-order valence-electron chi connectivity index (χ2n) is 4.67. The Morgan fingerprint density at radius 3 is 2.41 bits per heavy atom. The summed E-state index contributed by atoms with van der Waals surface area (Å²) in [7, 11) is 0. The molecule has 0 radical (unpaired) electrons. The minimum Gasteiger partial charge on any atom is -0.398 e. The number of amides is 1. The van der Waals surface area contributed by atoms with E-state index in [1.54, 1.807) is 48.7 Å². The van der Waals surface area contributed by atoms with Gasteiger partial charge in [0.1, 0.15) is 5.25 Å². The van der Waals surface area contributed by atoms with E-state index in [1.165, 1.54) is 11.8 Å². The van der Waals surface area contributed by atoms with Gasteiger partial charge in [-0.2, -0.15) is 0 Å². The van der Waals surface area contributed by atoms with E-state index in [2.05, 4.69) is 0 Å². The molecule has 0 aliphatic carbocycles. The highest BCUT2D eigenvalue weighted by Gasteiger charge is 2.24. The molecule has 4 N–H and O–H groups in total. The molecule has 1 unspecified atom stereocenters. The van der Waals surface area contributed by atoms with Crippen molar-refractivity contribution in [1.82, 2.24) is 0 Å². The SMILES string of the molecule is CSC(C(N)=O)c1cc(Cl)ccc1C(=O)c1ccccc1N. The van der Waals surface area contributed by atoms with Crippen molar-refractivity contribution in [3.63, 3.8) is 0 Å². The fourth-order valence-corrected chi connectivity index (χ4v) is 3.06. The molecule has 0 heterocycles. The highest BCUT2D eigenvalue weighted by molar-refractivity contribution is 7.99. The van der Waals surface area contributed by atoms with Gasteiger partial charge in [-0.3, -0.25) is 9.59 Å². The quantitative estimate of drug-likeness (QED) is 0.650. The van der Waals surface area contributed by atoms with Crippen LogP contribution in [0, 0.1) is 0 Å². The molecule has 0 spiro atoms. The average molecular weight is 335 g/mol. The van der Waals surface area contributed by atoms with E-state index in [-0.39, 0.29) is 5.78 Å². The lowest BCUT2D eigenvalue weighted by Gasteiger charge is -2.16. The molecule has 0 saturated heterocycles. The maximum atomic E-state index is 12.8. The van der Waals surface area contributed by atoms with Crippen molar-refractivity contribution in [3.8, 4) is 0 Å². The summed E-state index contributed by atoms with van der Waals surface area (Å²) in [6, 6.07) is 11.6. The monoisotopic (exact) mass is 334 g/mol. The van der Waals surface area contributed by atoms with Gasteiger partial charge in [0, 0.05) is 21.8 Å². The van der Waals surface area contributed by atoms with Gasteiger partial charge in [0.05, 0.1) is 0 Å². The molecule has 6 heteroatoms. The van der Waals surface area contributed by atoms with Crippen LogP contribution in [0.4, 0.5) is 5.69 Å². The summed E-state index contributed by atoms with van der Waals surface area (Å²) >= 11 is 7.26. The number of thioether (sulfide) groups is 1. The molecule has 0 fully saturated rings. The molecule has 1 amide bonds. The Kier molecular flexibility index (Phi) is 5.11. The fourth-order valence-electron chi connectivity index (χ4n) is 2.20. The third-order valence-electron chi connectivity index (χ3n) is 3.24. The van der Waals surface area contributed by atoms with E-state index in [9.17, 15) is 9.59 Å². The largest absolute Gasteiger partial charge is 0.398 e. The Labute approximate surface area is 137 Å². The molecule has 0 aromatic heterocycles. The Hall–Kier alpha value is -1.98. The number of halogens is 1. The number of hydrogen-bond donors (Lipinski definition) is 2. The maximum Gasteiger partial charge on any atom is 0.235 e. The van der Waals surface area contributed by atoms with Crippen LogP contribution in [0.2, 0.25) is 5.02 Å². The summed E-state index contributed by atoms with van der Waals surface area (Å²) in [6.45, 7) is 0. The number of primary amides is 1. The van der Waals surface area contributed by atoms with Crippen molar-refractivity contribution in [2.45, 2.75) is 5.25 Å². The maximum absolute atomic E-state index is 12.8. The fraction of sp³-hybridized carbons (Fsp3) is 0.125. The summed E-state index contributed by atoms with van der Waals surface area (Å²) in [5.41, 5.74) is 12.9. The number of nitrogen functional groups attached to an aromatic ring is 1. The van der Waals surface area contributed by atoms with Crippen molar-refractivity contribution in [1.29, 1.82) is 0 Å². The zero-order valence-corrected chi connectivity index (χ0v) is 13.4. The molecule has 0 saturated carbocycles. The Morgan fingerprint density at radius 2 is 1.82 bits per heavy atom. The predicted octanol–water partition coefficient (Wildman–Crippen LogP) is 3.04. The second-order valence-corrected chi connectivity index (χ2v) is 6.05. The molecule has 2 aromatic rings. The first-order valence-corrected chi connectivity index (χ1v) is 8.13. The van der Waals surface area contributed by atoms with Crippen molar-refractivity contribution in [3.05, 3.63) is 64.2 Å². The lowest BCUT2D eigenvalue weighted by Crippen LogP contribution is -2.21. The molecule has 4 nitrogen and oxygen atoms in total. The highest BCUT2D eigenvalue weighted by atomic mass is 35.5. The summed E-state index contributed by atoms with van der Waals surface area (Å²) in [5, 5.41) is -0.213. The molecular weight excluding hydrogens is 320 g/mol. The van der Waals surface area contributed by atoms with Crippen LogP contribution in [0.1, 0.15) is 26.7 Å². The van der Waals surface area contributed by atoms with Crippen LogP contribution >= 0.6 is 23.4 Å². The Bertz CT molecular complexity index is 734. The van der Waals surface area contributed by atoms with Crippen LogP contribution in [-0.2, 0) is 4.79 Å². The van der Waals surface area contributed by atoms with E-state index in [0.717, 1.165) is 0 Å². The van der Waals surface area contributed by atoms with Crippen molar-refractivity contribution in [2.24, 2.45) is 5.73 Å². The van der Waals surface area contributed by atoms with Crippen LogP contribution in [0.25, 0.3) is 0 Å². The minimum absolute atomic E-state index is 0.259. The first kappa shape index (κ1) is 16.4. The van der Waals surface area contributed by atoms with E-state index in [1.807, 2.05) is 0 Å². The van der Waals surface area contributed by atoms with Gasteiger partial charge in [-0.1, -0.05) is 23.7 Å². The van der Waals surface area contributed by atoms with Gasteiger partial charge in [-0.25, -0.2) is 0 Å². The van der Waals surface area contributed by atoms with E-state index in [4.69, 9.17) is 23.1 Å². The first-order chi connectivity index (χ1) is 10.5. The highest BCUT2D eigenvalue weighted by Crippen LogP contribution is 2.33. The smallest absolute Gasteiger partial charge is 0.235 e. The number of rotatable bonds is 5. The van der Waals surface area contributed by atoms with Gasteiger partial charge in [-0.05, 0) is 42.2 Å². The van der Waals surface area contributed by atoms with E-state index >= 15 is 0 Å². The molecule has 22 heavy (non-hydrogen) atoms. The number of anilines is 1. The van der Waals surface area contributed by atoms with Gasteiger partial charge in [0.2, 0.25) is 5.91 Å². The molecule has 1 atom stereocenters. The van der Waals surface area contributed by atoms with Gasteiger partial charge in [-0.15, -0.1) is 11.8 Å². The van der Waals surface area contributed by atoms with Gasteiger partial charge in [0.15, 0.2) is 5.78 Å². The lowest BCUT2D eigenvalue weighted by atomic mass is 9.95. The molecule has 114 valence electrons. The lowest BCUT2D eigenvalue weighted by molar-refractivity contribution is -0.117. The normalized spacial score (nSPS) is 11.9. The van der Waals surface area contributed by atoms with Crippen LogP contribution < -0.4 is 11.5 Å². The van der Waals surface area contributed by atoms with Gasteiger partial charge < -0.3 is 11.5 Å². The van der Waals surface area contributed by atoms with Crippen molar-refractivity contribution >= 4 is 40.7 Å². The van der Waals surface area contributed by atoms with Gasteiger partial charge >= 0.3 is 0 Å². The second kappa shape index (κ2) is 6.85. The zero-order valence-electron chi connectivity index (χ0n) is 11.9. The molecular formula is C16H15ClN2O2S. The van der Waals surface area contributed by atoms with Crippen LogP contribution in [-0.4, -0.2) is 17.9 Å². The summed E-state index contributed by atoms with van der Waals surface area (Å²) < 4.78 is 0. The molecule has 0 aliphatic rings. The van der Waals surface area contributed by atoms with E-state index < -0.39 is 11.2 Å². The molecule has 0 bridgehead atoms. The molecule has 0 aliphatic heterocycles. The van der Waals surface area contributed by atoms with Crippen molar-refractivity contribution < 1.29 is 9.59 Å². The number of benzene rings is 2. The summed E-state index contributed by atoms with van der Waals surface area (Å²) in [5.74, 6) is -0.782. The third-order valence-corrected chi connectivity index (χ3v) is 4.43. The third kappa shape index (κ3) is 3.26. The number of para-hydroxylation sites is 1. The number of carbonyl (C=O) groups is 2. The number of carbonyl (C=O) groups excluding carboxylic acids is 2. The Morgan fingerprint density at radius 1 is 1.14 bits per heavy atom. The minimum atomic E-state index is -0.650. The Balaban J connectivity index is 2.58. The first-order valence-electron chi connectivity index (χ1n) is 6.46. The number of hydrogen-bond acceptors (Lipinski definition) is 4. The summed E-state index contributed by atoms with van der Waals surface area (Å²) in [4.78, 5) is 24.4. The predicted molar refractivity (Wildman–Crippen MR) is 91.2 cm³/mol.